The van der Waals surface area contributed by atoms with Crippen LogP contribution in [0.4, 0.5) is 14.5 Å². The third-order valence-corrected chi connectivity index (χ3v) is 3.46. The summed E-state index contributed by atoms with van der Waals surface area (Å²) < 4.78 is 28.9. The van der Waals surface area contributed by atoms with Gasteiger partial charge in [0.15, 0.2) is 0 Å². The monoisotopic (exact) mass is 334 g/mol. The van der Waals surface area contributed by atoms with Crippen molar-refractivity contribution in [2.24, 2.45) is 5.92 Å². The Morgan fingerprint density at radius 2 is 2.09 bits per heavy atom. The first-order valence-corrected chi connectivity index (χ1v) is 7.15. The van der Waals surface area contributed by atoms with Gasteiger partial charge in [-0.25, -0.2) is 8.78 Å². The van der Waals surface area contributed by atoms with E-state index in [2.05, 4.69) is 10.6 Å². The summed E-state index contributed by atoms with van der Waals surface area (Å²) in [5.74, 6) is 0.925. The topological polar surface area (TPSA) is 50.4 Å². The van der Waals surface area contributed by atoms with Gasteiger partial charge in [-0.1, -0.05) is 0 Å². The molecule has 0 saturated carbocycles. The third-order valence-electron chi connectivity index (χ3n) is 3.46. The Kier molecular flexibility index (Phi) is 8.12. The Morgan fingerprint density at radius 3 is 2.68 bits per heavy atom. The number of anilines is 1. The largest absolute Gasteiger partial charge is 0.488 e. The maximum absolute atomic E-state index is 12.0. The Bertz CT molecular complexity index is 451. The number of alkyl halides is 2. The molecule has 1 aromatic carbocycles. The second-order valence-electron chi connectivity index (χ2n) is 5.17. The minimum absolute atomic E-state index is 0. The van der Waals surface area contributed by atoms with Crippen LogP contribution in [0.15, 0.2) is 24.3 Å². The molecule has 0 spiro atoms. The van der Waals surface area contributed by atoms with E-state index in [1.165, 1.54) is 0 Å². The molecule has 22 heavy (non-hydrogen) atoms. The molecule has 7 heteroatoms. The van der Waals surface area contributed by atoms with Crippen LogP contribution in [0.3, 0.4) is 0 Å². The smallest absolute Gasteiger partial charge is 0.272 e. The van der Waals surface area contributed by atoms with Crippen molar-refractivity contribution in [3.05, 3.63) is 24.3 Å². The molecule has 0 bridgehead atoms. The second-order valence-corrected chi connectivity index (χ2v) is 5.17. The number of hydrogen-bond acceptors (Lipinski definition) is 3. The zero-order chi connectivity index (χ0) is 15.1. The lowest BCUT2D eigenvalue weighted by atomic mass is 10.0. The summed E-state index contributed by atoms with van der Waals surface area (Å²) in [5, 5.41) is 6.07. The number of ether oxygens (including phenoxy) is 1. The standard InChI is InChI=1S/C15H20F2N2O2.ClH/c16-14(17)10-21-13-4-2-12(3-5-13)19-15(20)6-1-11-7-8-18-9-11;/h2-5,11,14,18H,1,6-10H2,(H,19,20);1H. The number of benzene rings is 1. The molecule has 1 amide bonds. The van der Waals surface area contributed by atoms with Gasteiger partial charge in [0.2, 0.25) is 5.91 Å². The highest BCUT2D eigenvalue weighted by Crippen LogP contribution is 2.18. The number of carbonyl (C=O) groups excluding carboxylic acids is 1. The van der Waals surface area contributed by atoms with Crippen LogP contribution in [0.2, 0.25) is 0 Å². The number of nitrogens with one attached hydrogen (secondary N) is 2. The van der Waals surface area contributed by atoms with Gasteiger partial charge in [-0.05, 0) is 56.1 Å². The lowest BCUT2D eigenvalue weighted by Crippen LogP contribution is -2.15. The van der Waals surface area contributed by atoms with Crippen molar-refractivity contribution in [3.63, 3.8) is 0 Å². The fourth-order valence-electron chi connectivity index (χ4n) is 2.31. The highest BCUT2D eigenvalue weighted by molar-refractivity contribution is 5.90. The Labute approximate surface area is 135 Å². The van der Waals surface area contributed by atoms with Gasteiger partial charge in [0, 0.05) is 12.1 Å². The van der Waals surface area contributed by atoms with E-state index in [0.717, 1.165) is 25.9 Å². The molecule has 2 rings (SSSR count). The average molecular weight is 335 g/mol. The summed E-state index contributed by atoms with van der Waals surface area (Å²) in [7, 11) is 0. The second kappa shape index (κ2) is 9.58. The van der Waals surface area contributed by atoms with Crippen molar-refractivity contribution in [1.82, 2.24) is 5.32 Å². The molecular weight excluding hydrogens is 314 g/mol. The van der Waals surface area contributed by atoms with Crippen molar-refractivity contribution in [3.8, 4) is 5.75 Å². The first-order valence-electron chi connectivity index (χ1n) is 7.15. The van der Waals surface area contributed by atoms with Crippen molar-refractivity contribution < 1.29 is 18.3 Å². The number of amides is 1. The van der Waals surface area contributed by atoms with Gasteiger partial charge in [-0.3, -0.25) is 4.79 Å². The van der Waals surface area contributed by atoms with E-state index in [-0.39, 0.29) is 18.3 Å². The van der Waals surface area contributed by atoms with E-state index >= 15 is 0 Å². The van der Waals surface area contributed by atoms with E-state index in [1.54, 1.807) is 24.3 Å². The maximum Gasteiger partial charge on any atom is 0.272 e. The van der Waals surface area contributed by atoms with E-state index in [1.807, 2.05) is 0 Å². The third kappa shape index (κ3) is 6.58. The molecule has 1 heterocycles. The minimum atomic E-state index is -2.49. The molecule has 0 radical (unpaired) electrons. The Morgan fingerprint density at radius 1 is 1.36 bits per heavy atom. The molecule has 1 aliphatic heterocycles. The van der Waals surface area contributed by atoms with Crippen molar-refractivity contribution in [1.29, 1.82) is 0 Å². The molecule has 1 saturated heterocycles. The summed E-state index contributed by atoms with van der Waals surface area (Å²) >= 11 is 0. The normalized spacial score (nSPS) is 17.1. The fraction of sp³-hybridized carbons (Fsp3) is 0.533. The quantitative estimate of drug-likeness (QED) is 0.805. The molecule has 1 unspecified atom stereocenters. The number of halogens is 3. The molecule has 1 fully saturated rings. The van der Waals surface area contributed by atoms with Gasteiger partial charge < -0.3 is 15.4 Å². The van der Waals surface area contributed by atoms with E-state index in [0.29, 0.717) is 23.8 Å². The van der Waals surface area contributed by atoms with Crippen molar-refractivity contribution >= 4 is 24.0 Å². The maximum atomic E-state index is 12.0. The van der Waals surface area contributed by atoms with Gasteiger partial charge >= 0.3 is 0 Å². The van der Waals surface area contributed by atoms with Crippen molar-refractivity contribution in [2.45, 2.75) is 25.7 Å². The highest BCUT2D eigenvalue weighted by atomic mass is 35.5. The van der Waals surface area contributed by atoms with E-state index < -0.39 is 13.0 Å². The van der Waals surface area contributed by atoms with Crippen LogP contribution in [-0.2, 0) is 4.79 Å². The summed E-state index contributed by atoms with van der Waals surface area (Å²) in [5.41, 5.74) is 0.647. The van der Waals surface area contributed by atoms with E-state index in [4.69, 9.17) is 4.74 Å². The number of hydrogen-bond donors (Lipinski definition) is 2. The van der Waals surface area contributed by atoms with Gasteiger partial charge in [0.05, 0.1) is 0 Å². The zero-order valence-electron chi connectivity index (χ0n) is 12.2. The van der Waals surface area contributed by atoms with Crippen LogP contribution >= 0.6 is 12.4 Å². The molecular formula is C15H21ClF2N2O2. The zero-order valence-corrected chi connectivity index (χ0v) is 13.0. The molecule has 0 aromatic heterocycles. The molecule has 124 valence electrons. The summed E-state index contributed by atoms with van der Waals surface area (Å²) in [6, 6.07) is 6.43. The minimum Gasteiger partial charge on any atom is -0.488 e. The first kappa shape index (κ1) is 18.6. The predicted octanol–water partition coefficient (Wildman–Crippen LogP) is 3.08. The van der Waals surface area contributed by atoms with Gasteiger partial charge in [-0.15, -0.1) is 12.4 Å². The highest BCUT2D eigenvalue weighted by Gasteiger charge is 2.15. The van der Waals surface area contributed by atoms with Gasteiger partial charge in [0.25, 0.3) is 6.43 Å². The van der Waals surface area contributed by atoms with Crippen molar-refractivity contribution in [2.75, 3.05) is 25.0 Å². The Hall–Kier alpha value is -1.40. The van der Waals surface area contributed by atoms with Gasteiger partial charge in [0.1, 0.15) is 12.4 Å². The Balaban J connectivity index is 0.00000242. The molecule has 1 atom stereocenters. The van der Waals surface area contributed by atoms with E-state index in [9.17, 15) is 13.6 Å². The molecule has 1 aliphatic rings. The molecule has 1 aromatic rings. The molecule has 2 N–H and O–H groups in total. The number of rotatable bonds is 7. The fourth-order valence-corrected chi connectivity index (χ4v) is 2.31. The van der Waals surface area contributed by atoms with Crippen LogP contribution in [0.5, 0.6) is 5.75 Å². The molecule has 4 nitrogen and oxygen atoms in total. The van der Waals surface area contributed by atoms with Crippen LogP contribution < -0.4 is 15.4 Å². The summed E-state index contributed by atoms with van der Waals surface area (Å²) in [4.78, 5) is 11.8. The number of carbonyl (C=O) groups is 1. The lowest BCUT2D eigenvalue weighted by molar-refractivity contribution is -0.116. The first-order chi connectivity index (χ1) is 10.1. The average Bonchev–Trinajstić information content (AvgIpc) is 2.98. The SMILES string of the molecule is Cl.O=C(CCC1CCNC1)Nc1ccc(OCC(F)F)cc1. The van der Waals surface area contributed by atoms with Crippen LogP contribution in [-0.4, -0.2) is 32.0 Å². The molecule has 0 aliphatic carbocycles. The van der Waals surface area contributed by atoms with Crippen LogP contribution in [0.1, 0.15) is 19.3 Å². The predicted molar refractivity (Wildman–Crippen MR) is 84.0 cm³/mol. The van der Waals surface area contributed by atoms with Crippen LogP contribution in [0.25, 0.3) is 0 Å². The summed E-state index contributed by atoms with van der Waals surface area (Å²) in [6.07, 6.45) is 0.0165. The summed E-state index contributed by atoms with van der Waals surface area (Å²) in [6.45, 7) is 1.40. The van der Waals surface area contributed by atoms with Crippen LogP contribution in [0, 0.1) is 5.92 Å². The van der Waals surface area contributed by atoms with Gasteiger partial charge in [-0.2, -0.15) is 0 Å². The lowest BCUT2D eigenvalue weighted by Gasteiger charge is -2.10.